The largest absolute Gasteiger partial charge is 0.458 e. The maximum atomic E-state index is 13.5. The third-order valence-electron chi connectivity index (χ3n) is 12.2. The summed E-state index contributed by atoms with van der Waals surface area (Å²) < 4.78 is 33.6. The number of rotatable bonds is 9. The molecule has 2 aliphatic rings. The van der Waals surface area contributed by atoms with Crippen molar-refractivity contribution in [2.24, 2.45) is 11.8 Å². The molecular weight excluding hydrogens is 661 g/mol. The minimum Gasteiger partial charge on any atom is -0.458 e. The Morgan fingerprint density at radius 1 is 0.796 bits per heavy atom. The summed E-state index contributed by atoms with van der Waals surface area (Å²) in [4.78, 5) is 13.5. The smallest absolute Gasteiger partial charge is 0.334 e. The van der Waals surface area contributed by atoms with Crippen LogP contribution in [0.4, 0.5) is 0 Å². The third kappa shape index (κ3) is 12.4. The second-order valence-electron chi connectivity index (χ2n) is 19.7. The number of ether oxygens (including phenoxy) is 2. The monoisotopic (exact) mass is 736 g/mol. The molecule has 2 rings (SSSR count). The molecule has 284 valence electrons. The van der Waals surface area contributed by atoms with E-state index in [9.17, 15) is 4.79 Å². The molecule has 1 fully saturated rings. The Labute approximate surface area is 305 Å². The molecule has 0 N–H and O–H groups in total. The summed E-state index contributed by atoms with van der Waals surface area (Å²) >= 11 is 0. The Morgan fingerprint density at radius 2 is 1.31 bits per heavy atom. The Balaban J connectivity index is 2.49. The summed E-state index contributed by atoms with van der Waals surface area (Å²) in [5, 5.41) is 0.296. The molecule has 49 heavy (non-hydrogen) atoms. The van der Waals surface area contributed by atoms with Gasteiger partial charge in [0, 0.05) is 24.5 Å². The van der Waals surface area contributed by atoms with E-state index in [1.807, 2.05) is 13.0 Å². The van der Waals surface area contributed by atoms with E-state index in [0.717, 1.165) is 18.4 Å². The van der Waals surface area contributed by atoms with Gasteiger partial charge in [0.2, 0.25) is 0 Å². The summed E-state index contributed by atoms with van der Waals surface area (Å²) in [5.41, 5.74) is 1.63. The van der Waals surface area contributed by atoms with Crippen LogP contribution in [0.3, 0.4) is 0 Å². The number of cyclic esters (lactones) is 1. The van der Waals surface area contributed by atoms with Crippen molar-refractivity contribution in [2.45, 2.75) is 194 Å². The first-order chi connectivity index (χ1) is 22.0. The number of epoxide rings is 1. The summed E-state index contributed by atoms with van der Waals surface area (Å²) in [6.45, 7) is 43.4. The van der Waals surface area contributed by atoms with Gasteiger partial charge >= 0.3 is 5.97 Å². The Bertz CT molecular complexity index is 1200. The Hall–Kier alpha value is -0.819. The maximum Gasteiger partial charge on any atom is 0.334 e. The average Bonchev–Trinajstić information content (AvgIpc) is 3.70. The van der Waals surface area contributed by atoms with Gasteiger partial charge in [-0.2, -0.15) is 0 Å². The molecule has 0 aromatic carbocycles. The fraction of sp³-hybridized carbons (Fsp3) is 0.825. The lowest BCUT2D eigenvalue weighted by Gasteiger charge is -2.41. The van der Waals surface area contributed by atoms with Crippen LogP contribution in [0, 0.1) is 11.8 Å². The van der Waals surface area contributed by atoms with Crippen molar-refractivity contribution in [2.75, 3.05) is 6.61 Å². The lowest BCUT2D eigenvalue weighted by Crippen LogP contribution is -2.48. The van der Waals surface area contributed by atoms with Crippen molar-refractivity contribution in [3.63, 3.8) is 0 Å². The van der Waals surface area contributed by atoms with Gasteiger partial charge in [0.1, 0.15) is 18.3 Å². The van der Waals surface area contributed by atoms with Crippen molar-refractivity contribution < 1.29 is 27.5 Å². The van der Waals surface area contributed by atoms with E-state index in [-0.39, 0.29) is 63.4 Å². The molecule has 0 spiro atoms. The third-order valence-corrected chi connectivity index (χ3v) is 25.7. The second-order valence-corrected chi connectivity index (χ2v) is 34.0. The molecule has 6 nitrogen and oxygen atoms in total. The van der Waals surface area contributed by atoms with Crippen molar-refractivity contribution in [1.29, 1.82) is 0 Å². The topological polar surface area (TPSA) is 66.5 Å². The molecule has 7 atom stereocenters. The van der Waals surface area contributed by atoms with Crippen LogP contribution in [0.1, 0.15) is 109 Å². The highest BCUT2D eigenvalue weighted by Gasteiger charge is 2.55. The van der Waals surface area contributed by atoms with Crippen LogP contribution in [-0.2, 0) is 27.5 Å². The zero-order valence-corrected chi connectivity index (χ0v) is 38.1. The lowest BCUT2D eigenvalue weighted by molar-refractivity contribution is -0.146. The van der Waals surface area contributed by atoms with E-state index < -0.39 is 25.0 Å². The van der Waals surface area contributed by atoms with E-state index in [2.05, 4.69) is 141 Å². The molecule has 0 aromatic rings. The fourth-order valence-electron chi connectivity index (χ4n) is 5.44. The van der Waals surface area contributed by atoms with E-state index in [1.54, 1.807) is 0 Å². The number of hydrogen-bond acceptors (Lipinski definition) is 6. The van der Waals surface area contributed by atoms with E-state index in [1.165, 1.54) is 0 Å². The quantitative estimate of drug-likeness (QED) is 0.102. The standard InChI is InChI=1S/C40H76O6Si3/c1-28-26-30(3)34(46-49(18,19)40(11,12)13)36-35(44-36)33(45-48(16,17)39(8,9)10)23-21-20-22-32(43-37(41)31(4)27-28)29(2)24-25-42-47(14,15)38(5,6)7/h20-21,26-27,29-30,32-36H,22-25H2,1-19H3/b21-20-,28-26+,31-27-/t29-,30+,32-,33+,34?,35-,36-/m0/s1. The lowest BCUT2D eigenvalue weighted by atomic mass is 9.95. The molecule has 0 radical (unpaired) electrons. The van der Waals surface area contributed by atoms with Gasteiger partial charge in [0.25, 0.3) is 0 Å². The minimum absolute atomic E-state index is 0.0325. The van der Waals surface area contributed by atoms with Gasteiger partial charge in [-0.25, -0.2) is 4.79 Å². The molecule has 0 aliphatic carbocycles. The molecule has 0 amide bonds. The Morgan fingerprint density at radius 3 is 1.84 bits per heavy atom. The van der Waals surface area contributed by atoms with E-state index >= 15 is 0 Å². The second kappa shape index (κ2) is 16.5. The number of hydrogen-bond donors (Lipinski definition) is 0. The summed E-state index contributed by atoms with van der Waals surface area (Å²) in [6, 6.07) is 0. The number of fused-ring (bicyclic) bond motifs is 1. The van der Waals surface area contributed by atoms with Gasteiger partial charge in [-0.05, 0) is 93.1 Å². The van der Waals surface area contributed by atoms with Crippen molar-refractivity contribution >= 4 is 30.9 Å². The van der Waals surface area contributed by atoms with Gasteiger partial charge in [-0.3, -0.25) is 0 Å². The van der Waals surface area contributed by atoms with Crippen molar-refractivity contribution in [1.82, 2.24) is 0 Å². The maximum absolute atomic E-state index is 13.5. The number of carbonyl (C=O) groups excluding carboxylic acids is 1. The minimum atomic E-state index is -2.12. The molecule has 2 aliphatic heterocycles. The predicted molar refractivity (Wildman–Crippen MR) is 215 cm³/mol. The highest BCUT2D eigenvalue weighted by atomic mass is 28.4. The van der Waals surface area contributed by atoms with Gasteiger partial charge in [0.15, 0.2) is 25.0 Å². The van der Waals surface area contributed by atoms with E-state index in [4.69, 9.17) is 22.8 Å². The fourth-order valence-corrected chi connectivity index (χ4v) is 9.23. The van der Waals surface area contributed by atoms with Crippen LogP contribution >= 0.6 is 0 Å². The van der Waals surface area contributed by atoms with Gasteiger partial charge in [-0.1, -0.05) is 100.0 Å². The first kappa shape index (κ1) is 44.3. The zero-order valence-electron chi connectivity index (χ0n) is 35.1. The molecule has 0 aromatic heterocycles. The molecule has 0 saturated carbocycles. The predicted octanol–water partition coefficient (Wildman–Crippen LogP) is 11.4. The van der Waals surface area contributed by atoms with Crippen LogP contribution in [0.25, 0.3) is 0 Å². The van der Waals surface area contributed by atoms with Crippen LogP contribution < -0.4 is 0 Å². The molecular formula is C40H76O6Si3. The summed E-state index contributed by atoms with van der Waals surface area (Å²) in [6.07, 6.45) is 10.3. The number of esters is 1. The number of allylic oxidation sites excluding steroid dienone is 2. The van der Waals surface area contributed by atoms with Gasteiger partial charge in [-0.15, -0.1) is 0 Å². The molecule has 9 heteroatoms. The highest BCUT2D eigenvalue weighted by molar-refractivity contribution is 6.75. The normalized spacial score (nSPS) is 30.7. The first-order valence-corrected chi connectivity index (χ1v) is 27.6. The molecule has 0 bridgehead atoms. The molecule has 1 saturated heterocycles. The van der Waals surface area contributed by atoms with Crippen LogP contribution in [-0.4, -0.2) is 68.0 Å². The molecule has 1 unspecified atom stereocenters. The SMILES string of the molecule is C/C1=C/C(C)=C/[C@@H](C)C(O[Si](C)(C)C(C)(C)C)[C@@H]2O[C@H]2[C@H](O[Si](C)(C)C(C)(C)C)C/C=C\C[C@@H]([C@@H](C)CCO[Si](C)(C)C(C)(C)C)OC1=O. The molecule has 2 heterocycles. The number of carbonyl (C=O) groups is 1. The zero-order chi connectivity index (χ0) is 38.0. The van der Waals surface area contributed by atoms with E-state index in [0.29, 0.717) is 18.6 Å². The summed E-state index contributed by atoms with van der Waals surface area (Å²) in [5.74, 6) is -0.0397. The van der Waals surface area contributed by atoms with Crippen molar-refractivity contribution in [3.8, 4) is 0 Å². The average molecular weight is 737 g/mol. The van der Waals surface area contributed by atoms with Crippen molar-refractivity contribution in [3.05, 3.63) is 35.5 Å². The van der Waals surface area contributed by atoms with Gasteiger partial charge in [0.05, 0.1) is 12.2 Å². The van der Waals surface area contributed by atoms with Crippen LogP contribution in [0.2, 0.25) is 54.4 Å². The Kier molecular flexibility index (Phi) is 14.9. The summed E-state index contributed by atoms with van der Waals surface area (Å²) in [7, 11) is -6.07. The van der Waals surface area contributed by atoms with Crippen LogP contribution in [0.5, 0.6) is 0 Å². The first-order valence-electron chi connectivity index (χ1n) is 18.9. The van der Waals surface area contributed by atoms with Gasteiger partial charge < -0.3 is 22.8 Å². The highest BCUT2D eigenvalue weighted by Crippen LogP contribution is 2.45. The van der Waals surface area contributed by atoms with Crippen LogP contribution in [0.15, 0.2) is 35.5 Å².